The van der Waals surface area contributed by atoms with E-state index in [-0.39, 0.29) is 11.0 Å². The fourth-order valence-electron chi connectivity index (χ4n) is 1.48. The van der Waals surface area contributed by atoms with Gasteiger partial charge < -0.3 is 4.74 Å². The molecule has 1 aliphatic carbocycles. The fraction of sp³-hybridized carbons (Fsp3) is 0.667. The summed E-state index contributed by atoms with van der Waals surface area (Å²) in [5.41, 5.74) is 0.656. The molecule has 0 aromatic rings. The maximum Gasteiger partial charge on any atom is 0.266 e. The third-order valence-corrected chi connectivity index (χ3v) is 2.39. The summed E-state index contributed by atoms with van der Waals surface area (Å²) in [5, 5.41) is 10.8. The van der Waals surface area contributed by atoms with Crippen LogP contribution in [0.25, 0.3) is 0 Å². The van der Waals surface area contributed by atoms with Gasteiger partial charge in [0.25, 0.3) is 6.04 Å². The molecular weight excluding hydrogens is 184 g/mol. The Morgan fingerprint density at radius 3 is 2.93 bits per heavy atom. The Bertz CT molecular complexity index is 307. The third kappa shape index (κ3) is 1.82. The molecule has 1 saturated carbocycles. The Kier molecular flexibility index (Phi) is 2.33. The van der Waals surface area contributed by atoms with Crippen LogP contribution in [0.15, 0.2) is 16.8 Å². The highest BCUT2D eigenvalue weighted by Gasteiger charge is 2.38. The smallest absolute Gasteiger partial charge is 0.266 e. The molecule has 1 heterocycles. The van der Waals surface area contributed by atoms with E-state index in [9.17, 15) is 10.1 Å². The lowest BCUT2D eigenvalue weighted by atomic mass is 10.0. The summed E-state index contributed by atoms with van der Waals surface area (Å²) < 4.78 is 5.51. The molecule has 0 radical (unpaired) electrons. The van der Waals surface area contributed by atoms with Gasteiger partial charge in [0, 0.05) is 22.9 Å². The van der Waals surface area contributed by atoms with E-state index in [0.29, 0.717) is 5.57 Å². The van der Waals surface area contributed by atoms with Crippen LogP contribution in [0.3, 0.4) is 0 Å². The van der Waals surface area contributed by atoms with Gasteiger partial charge in [-0.1, -0.05) is 0 Å². The minimum Gasteiger partial charge on any atom is -0.362 e. The molecule has 0 amide bonds. The molecule has 0 aromatic carbocycles. The lowest BCUT2D eigenvalue weighted by Gasteiger charge is -2.20. The van der Waals surface area contributed by atoms with Crippen molar-refractivity contribution in [2.75, 3.05) is 0 Å². The van der Waals surface area contributed by atoms with E-state index < -0.39 is 12.1 Å². The summed E-state index contributed by atoms with van der Waals surface area (Å²) in [6.07, 6.45) is 4.80. The van der Waals surface area contributed by atoms with Crippen LogP contribution < -0.4 is 0 Å². The zero-order valence-electron chi connectivity index (χ0n) is 7.92. The Morgan fingerprint density at radius 2 is 2.36 bits per heavy atom. The number of hydrogen-bond acceptors (Lipinski definition) is 4. The van der Waals surface area contributed by atoms with Gasteiger partial charge >= 0.3 is 0 Å². The highest BCUT2D eigenvalue weighted by Crippen LogP contribution is 2.28. The molecule has 76 valence electrons. The lowest BCUT2D eigenvalue weighted by Crippen LogP contribution is -2.39. The molecule has 0 saturated heterocycles. The highest BCUT2D eigenvalue weighted by atomic mass is 16.6. The van der Waals surface area contributed by atoms with Crippen LogP contribution in [0, 0.1) is 10.1 Å². The van der Waals surface area contributed by atoms with Gasteiger partial charge in [-0.3, -0.25) is 15.1 Å². The summed E-state index contributed by atoms with van der Waals surface area (Å²) >= 11 is 0. The largest absolute Gasteiger partial charge is 0.362 e. The molecule has 5 heteroatoms. The van der Waals surface area contributed by atoms with Gasteiger partial charge in [-0.15, -0.1) is 0 Å². The van der Waals surface area contributed by atoms with E-state index in [2.05, 4.69) is 4.99 Å². The van der Waals surface area contributed by atoms with Crippen LogP contribution in [0.2, 0.25) is 0 Å². The summed E-state index contributed by atoms with van der Waals surface area (Å²) in [6.45, 7) is 1.72. The summed E-state index contributed by atoms with van der Waals surface area (Å²) in [5.74, 6) is 0. The first kappa shape index (κ1) is 9.33. The van der Waals surface area contributed by atoms with Crippen molar-refractivity contribution >= 4 is 6.21 Å². The predicted molar refractivity (Wildman–Crippen MR) is 50.9 cm³/mol. The molecule has 1 aliphatic heterocycles. The summed E-state index contributed by atoms with van der Waals surface area (Å²) in [7, 11) is 0. The van der Waals surface area contributed by atoms with E-state index in [1.54, 1.807) is 6.92 Å². The summed E-state index contributed by atoms with van der Waals surface area (Å²) in [6, 6.07) is -0.756. The van der Waals surface area contributed by atoms with Crippen LogP contribution >= 0.6 is 0 Å². The molecule has 14 heavy (non-hydrogen) atoms. The van der Waals surface area contributed by atoms with Crippen molar-refractivity contribution in [2.45, 2.75) is 38.0 Å². The van der Waals surface area contributed by atoms with Gasteiger partial charge in [0.1, 0.15) is 0 Å². The average Bonchev–Trinajstić information content (AvgIpc) is 2.87. The Balaban J connectivity index is 2.09. The van der Waals surface area contributed by atoms with E-state index >= 15 is 0 Å². The van der Waals surface area contributed by atoms with Gasteiger partial charge in [0.2, 0.25) is 0 Å². The van der Waals surface area contributed by atoms with Crippen LogP contribution in [0.5, 0.6) is 0 Å². The van der Waals surface area contributed by atoms with Crippen molar-refractivity contribution in [3.05, 3.63) is 21.9 Å². The van der Waals surface area contributed by atoms with E-state index in [0.717, 1.165) is 12.8 Å². The van der Waals surface area contributed by atoms with Crippen LogP contribution in [-0.2, 0) is 4.74 Å². The molecular formula is C9H12N2O3. The maximum atomic E-state index is 10.8. The third-order valence-electron chi connectivity index (χ3n) is 2.39. The van der Waals surface area contributed by atoms with Gasteiger partial charge in [-0.2, -0.15) is 0 Å². The van der Waals surface area contributed by atoms with Gasteiger partial charge in [0.05, 0.1) is 6.10 Å². The van der Waals surface area contributed by atoms with Crippen LogP contribution in [0.4, 0.5) is 0 Å². The molecule has 5 nitrogen and oxygen atoms in total. The zero-order chi connectivity index (χ0) is 10.1. The second-order valence-corrected chi connectivity index (χ2v) is 3.70. The zero-order valence-corrected chi connectivity index (χ0v) is 7.92. The van der Waals surface area contributed by atoms with Gasteiger partial charge in [-0.25, -0.2) is 0 Å². The predicted octanol–water partition coefficient (Wildman–Crippen LogP) is 1.17. The van der Waals surface area contributed by atoms with Gasteiger partial charge in [-0.05, 0) is 19.8 Å². The molecule has 2 atom stereocenters. The molecule has 0 bridgehead atoms. The fourth-order valence-corrected chi connectivity index (χ4v) is 1.48. The van der Waals surface area contributed by atoms with Crippen LogP contribution in [-0.4, -0.2) is 29.4 Å². The van der Waals surface area contributed by atoms with Gasteiger partial charge in [0.15, 0.2) is 6.10 Å². The Hall–Kier alpha value is -1.23. The van der Waals surface area contributed by atoms with Crippen molar-refractivity contribution in [1.29, 1.82) is 0 Å². The number of ether oxygens (including phenoxy) is 1. The minimum absolute atomic E-state index is 0.208. The molecule has 1 fully saturated rings. The minimum atomic E-state index is -0.756. The van der Waals surface area contributed by atoms with Crippen molar-refractivity contribution in [2.24, 2.45) is 4.99 Å². The second kappa shape index (κ2) is 3.49. The van der Waals surface area contributed by atoms with Crippen molar-refractivity contribution < 1.29 is 9.66 Å². The van der Waals surface area contributed by atoms with Crippen molar-refractivity contribution in [3.8, 4) is 0 Å². The molecule has 2 rings (SSSR count). The number of rotatable bonds is 3. The van der Waals surface area contributed by atoms with E-state index in [1.807, 2.05) is 0 Å². The topological polar surface area (TPSA) is 64.7 Å². The molecule has 2 aliphatic rings. The number of nitrogens with zero attached hydrogens (tertiary/aromatic N) is 2. The first-order valence-electron chi connectivity index (χ1n) is 4.67. The molecule has 0 N–H and O–H groups in total. The highest BCUT2D eigenvalue weighted by molar-refractivity contribution is 5.67. The Labute approximate surface area is 81.6 Å². The number of aliphatic imine (C=N–C) groups is 1. The molecule has 0 aromatic heterocycles. The monoisotopic (exact) mass is 196 g/mol. The SMILES string of the molecule is CC1=CN=CC(OC2CC2)C1[N+](=O)[O-]. The van der Waals surface area contributed by atoms with Crippen molar-refractivity contribution in [3.63, 3.8) is 0 Å². The molecule has 0 spiro atoms. The molecule has 2 unspecified atom stereocenters. The Morgan fingerprint density at radius 1 is 1.64 bits per heavy atom. The maximum absolute atomic E-state index is 10.8. The van der Waals surface area contributed by atoms with Crippen LogP contribution in [0.1, 0.15) is 19.8 Å². The second-order valence-electron chi connectivity index (χ2n) is 3.70. The summed E-state index contributed by atoms with van der Waals surface area (Å²) in [4.78, 5) is 14.4. The average molecular weight is 196 g/mol. The number of nitro groups is 1. The van der Waals surface area contributed by atoms with E-state index in [4.69, 9.17) is 4.74 Å². The first-order valence-corrected chi connectivity index (χ1v) is 4.67. The quantitative estimate of drug-likeness (QED) is 0.502. The number of hydrogen-bond donors (Lipinski definition) is 0. The normalized spacial score (nSPS) is 31.4. The first-order chi connectivity index (χ1) is 6.68. The lowest BCUT2D eigenvalue weighted by molar-refractivity contribution is -0.521. The van der Waals surface area contributed by atoms with Crippen molar-refractivity contribution in [1.82, 2.24) is 0 Å². The van der Waals surface area contributed by atoms with E-state index in [1.165, 1.54) is 12.4 Å². The standard InChI is InChI=1S/C9H12N2O3/c1-6-4-10-5-8(9(6)11(12)13)14-7-2-3-7/h4-5,7-9H,2-3H2,1H3.